The van der Waals surface area contributed by atoms with E-state index >= 15 is 0 Å². The summed E-state index contributed by atoms with van der Waals surface area (Å²) in [5.41, 5.74) is 0.718. The van der Waals surface area contributed by atoms with Crippen LogP contribution in [0.3, 0.4) is 0 Å². The first-order valence-corrected chi connectivity index (χ1v) is 9.15. The van der Waals surface area contributed by atoms with Crippen LogP contribution in [0.15, 0.2) is 53.7 Å². The summed E-state index contributed by atoms with van der Waals surface area (Å²) in [6.07, 6.45) is 4.81. The summed E-state index contributed by atoms with van der Waals surface area (Å²) in [5.74, 6) is -1.08. The molecule has 0 unspecified atom stereocenters. The molecule has 0 aliphatic carbocycles. The van der Waals surface area contributed by atoms with Gasteiger partial charge in [-0.25, -0.2) is 4.39 Å². The lowest BCUT2D eigenvalue weighted by molar-refractivity contribution is -0.125. The Bertz CT molecular complexity index is 920. The number of halogens is 1. The molecule has 0 saturated carbocycles. The number of nitrogens with zero attached hydrogens (tertiary/aromatic N) is 2. The van der Waals surface area contributed by atoms with Crippen molar-refractivity contribution in [1.29, 1.82) is 0 Å². The van der Waals surface area contributed by atoms with Crippen molar-refractivity contribution >= 4 is 34.9 Å². The van der Waals surface area contributed by atoms with Gasteiger partial charge in [-0.1, -0.05) is 12.1 Å². The van der Waals surface area contributed by atoms with Crippen molar-refractivity contribution in [2.45, 2.75) is 0 Å². The number of benzene rings is 1. The largest absolute Gasteiger partial charge is 0.484 e. The van der Waals surface area contributed by atoms with Crippen molar-refractivity contribution < 1.29 is 23.5 Å². The van der Waals surface area contributed by atoms with Gasteiger partial charge >= 0.3 is 0 Å². The lowest BCUT2D eigenvalue weighted by atomic mass is 10.2. The summed E-state index contributed by atoms with van der Waals surface area (Å²) in [4.78, 5) is 41.5. The van der Waals surface area contributed by atoms with E-state index in [0.717, 1.165) is 22.2 Å². The molecule has 2 heterocycles. The predicted octanol–water partition coefficient (Wildman–Crippen LogP) is 2.45. The minimum absolute atomic E-state index is 0.0424. The lowest BCUT2D eigenvalue weighted by Gasteiger charge is -2.13. The Hall–Kier alpha value is -3.20. The summed E-state index contributed by atoms with van der Waals surface area (Å²) in [6.45, 7) is -0.170. The van der Waals surface area contributed by atoms with Crippen LogP contribution in [-0.4, -0.2) is 46.6 Å². The molecule has 1 N–H and O–H groups in total. The molecule has 1 aliphatic heterocycles. The highest BCUT2D eigenvalue weighted by molar-refractivity contribution is 8.18. The molecule has 1 aromatic carbocycles. The molecule has 3 amide bonds. The highest BCUT2D eigenvalue weighted by atomic mass is 32.2. The SMILES string of the molecule is O=C(COc1cccc(F)c1)NCCN1C(=O)SC(=Cc2cccnc2)C1=O. The Morgan fingerprint density at radius 2 is 2.14 bits per heavy atom. The smallest absolute Gasteiger partial charge is 0.293 e. The third kappa shape index (κ3) is 5.17. The van der Waals surface area contributed by atoms with Gasteiger partial charge in [0.05, 0.1) is 4.91 Å². The number of hydrogen-bond acceptors (Lipinski definition) is 6. The molecule has 7 nitrogen and oxygen atoms in total. The monoisotopic (exact) mass is 401 g/mol. The number of rotatable bonds is 7. The number of nitrogens with one attached hydrogen (secondary N) is 1. The number of carbonyl (C=O) groups is 3. The summed E-state index contributed by atoms with van der Waals surface area (Å²) < 4.78 is 18.2. The van der Waals surface area contributed by atoms with Crippen LogP contribution in [0.2, 0.25) is 0 Å². The van der Waals surface area contributed by atoms with E-state index in [2.05, 4.69) is 10.3 Å². The molecule has 1 fully saturated rings. The third-order valence-electron chi connectivity index (χ3n) is 3.68. The average molecular weight is 401 g/mol. The van der Waals surface area contributed by atoms with Crippen LogP contribution in [-0.2, 0) is 9.59 Å². The number of ether oxygens (including phenoxy) is 1. The summed E-state index contributed by atoms with van der Waals surface area (Å²) in [6, 6.07) is 8.96. The molecule has 2 aromatic rings. The molecule has 28 heavy (non-hydrogen) atoms. The Balaban J connectivity index is 1.46. The van der Waals surface area contributed by atoms with Crippen LogP contribution in [0.5, 0.6) is 5.75 Å². The fourth-order valence-corrected chi connectivity index (χ4v) is 3.23. The molecule has 1 aliphatic rings. The van der Waals surface area contributed by atoms with Gasteiger partial charge in [0.2, 0.25) is 0 Å². The molecule has 0 radical (unpaired) electrons. The van der Waals surface area contributed by atoms with Gasteiger partial charge in [-0.3, -0.25) is 24.3 Å². The summed E-state index contributed by atoms with van der Waals surface area (Å²) >= 11 is 0.842. The maximum absolute atomic E-state index is 13.0. The number of hydrogen-bond donors (Lipinski definition) is 1. The van der Waals surface area contributed by atoms with Gasteiger partial charge in [-0.2, -0.15) is 0 Å². The molecule has 3 rings (SSSR count). The van der Waals surface area contributed by atoms with E-state index in [4.69, 9.17) is 4.74 Å². The quantitative estimate of drug-likeness (QED) is 0.717. The Morgan fingerprint density at radius 1 is 1.29 bits per heavy atom. The van der Waals surface area contributed by atoms with Crippen LogP contribution in [0.4, 0.5) is 9.18 Å². The minimum atomic E-state index is -0.461. The molecule has 0 bridgehead atoms. The van der Waals surface area contributed by atoms with Crippen molar-refractivity contribution in [3.05, 3.63) is 65.1 Å². The van der Waals surface area contributed by atoms with Crippen LogP contribution < -0.4 is 10.1 Å². The van der Waals surface area contributed by atoms with Gasteiger partial charge in [0.1, 0.15) is 11.6 Å². The highest BCUT2D eigenvalue weighted by Gasteiger charge is 2.34. The van der Waals surface area contributed by atoms with Gasteiger partial charge in [-0.15, -0.1) is 0 Å². The Labute approximate surface area is 164 Å². The Morgan fingerprint density at radius 3 is 2.89 bits per heavy atom. The van der Waals surface area contributed by atoms with Crippen molar-refractivity contribution in [3.63, 3.8) is 0 Å². The lowest BCUT2D eigenvalue weighted by Crippen LogP contribution is -2.38. The first kappa shape index (κ1) is 19.6. The maximum atomic E-state index is 13.0. The molecular formula is C19H16FN3O4S. The second kappa shape index (κ2) is 9.14. The predicted molar refractivity (Wildman–Crippen MR) is 102 cm³/mol. The van der Waals surface area contributed by atoms with Gasteiger partial charge < -0.3 is 10.1 Å². The van der Waals surface area contributed by atoms with Gasteiger partial charge in [0, 0.05) is 31.5 Å². The summed E-state index contributed by atoms with van der Waals surface area (Å²) in [5, 5.41) is 2.16. The van der Waals surface area contributed by atoms with Gasteiger partial charge in [0.15, 0.2) is 6.61 Å². The van der Waals surface area contributed by atoms with Gasteiger partial charge in [0.25, 0.3) is 17.1 Å². The second-order valence-electron chi connectivity index (χ2n) is 5.72. The van der Waals surface area contributed by atoms with E-state index in [-0.39, 0.29) is 25.4 Å². The normalized spacial score (nSPS) is 15.2. The number of pyridine rings is 1. The van der Waals surface area contributed by atoms with E-state index in [1.165, 1.54) is 24.3 Å². The molecule has 0 atom stereocenters. The molecular weight excluding hydrogens is 385 g/mol. The molecule has 0 spiro atoms. The van der Waals surface area contributed by atoms with E-state index in [0.29, 0.717) is 4.91 Å². The zero-order chi connectivity index (χ0) is 19.9. The number of carbonyl (C=O) groups excluding carboxylic acids is 3. The van der Waals surface area contributed by atoms with Crippen LogP contribution >= 0.6 is 11.8 Å². The van der Waals surface area contributed by atoms with E-state index in [9.17, 15) is 18.8 Å². The standard InChI is InChI=1S/C19H16FN3O4S/c20-14-4-1-5-15(10-14)27-12-17(24)22-7-8-23-18(25)16(28-19(23)26)9-13-3-2-6-21-11-13/h1-6,9-11H,7-8,12H2,(H,22,24). The third-order valence-corrected chi connectivity index (χ3v) is 4.59. The zero-order valence-electron chi connectivity index (χ0n) is 14.6. The maximum Gasteiger partial charge on any atom is 0.293 e. The first-order chi connectivity index (χ1) is 13.5. The molecule has 9 heteroatoms. The second-order valence-corrected chi connectivity index (χ2v) is 6.71. The highest BCUT2D eigenvalue weighted by Crippen LogP contribution is 2.31. The van der Waals surface area contributed by atoms with Crippen LogP contribution in [0, 0.1) is 5.82 Å². The number of amides is 3. The fraction of sp³-hybridized carbons (Fsp3) is 0.158. The number of imide groups is 1. The number of thioether (sulfide) groups is 1. The van der Waals surface area contributed by atoms with E-state index in [1.807, 2.05) is 0 Å². The van der Waals surface area contributed by atoms with Crippen LogP contribution in [0.1, 0.15) is 5.56 Å². The Kier molecular flexibility index (Phi) is 6.38. The zero-order valence-corrected chi connectivity index (χ0v) is 15.4. The minimum Gasteiger partial charge on any atom is -0.484 e. The summed E-state index contributed by atoms with van der Waals surface area (Å²) in [7, 11) is 0. The molecule has 1 saturated heterocycles. The molecule has 1 aromatic heterocycles. The van der Waals surface area contributed by atoms with E-state index < -0.39 is 22.9 Å². The molecule has 144 valence electrons. The van der Waals surface area contributed by atoms with Gasteiger partial charge in [-0.05, 0) is 41.6 Å². The van der Waals surface area contributed by atoms with Crippen molar-refractivity contribution in [2.75, 3.05) is 19.7 Å². The average Bonchev–Trinajstić information content (AvgIpc) is 2.94. The van der Waals surface area contributed by atoms with Crippen molar-refractivity contribution in [3.8, 4) is 5.75 Å². The first-order valence-electron chi connectivity index (χ1n) is 8.33. The van der Waals surface area contributed by atoms with E-state index in [1.54, 1.807) is 30.6 Å². The number of aromatic nitrogens is 1. The topological polar surface area (TPSA) is 88.6 Å². The fourth-order valence-electron chi connectivity index (χ4n) is 2.37. The van der Waals surface area contributed by atoms with Crippen molar-refractivity contribution in [2.24, 2.45) is 0 Å². The van der Waals surface area contributed by atoms with Crippen LogP contribution in [0.25, 0.3) is 6.08 Å². The van der Waals surface area contributed by atoms with Crippen molar-refractivity contribution in [1.82, 2.24) is 15.2 Å².